The quantitative estimate of drug-likeness (QED) is 0.682. The lowest BCUT2D eigenvalue weighted by Crippen LogP contribution is -2.51. The number of carbonyl (C=O) groups is 2. The maximum atomic E-state index is 13.1. The number of hydrogen-bond acceptors (Lipinski definition) is 6. The average Bonchev–Trinajstić information content (AvgIpc) is 3.59. The number of para-hydroxylation sites is 1. The number of piperazine rings is 1. The number of anilines is 1. The van der Waals surface area contributed by atoms with Gasteiger partial charge in [-0.15, -0.1) is 11.8 Å². The number of thioether (sulfide) groups is 1. The topological polar surface area (TPSA) is 64.9 Å². The van der Waals surface area contributed by atoms with E-state index in [9.17, 15) is 9.59 Å². The third kappa shape index (κ3) is 4.48. The SMILES string of the molecule is CC(=O)N1C[C@@H](N2CCN(c3cc(C)nn3-c3ccccc3)CC2)C[C@H]1C(=O)N1CCSC1. The molecule has 8 nitrogen and oxygen atoms in total. The molecule has 33 heavy (non-hydrogen) atoms. The summed E-state index contributed by atoms with van der Waals surface area (Å²) in [6, 6.07) is 12.3. The van der Waals surface area contributed by atoms with Crippen molar-refractivity contribution in [3.63, 3.8) is 0 Å². The average molecular weight is 469 g/mol. The zero-order valence-electron chi connectivity index (χ0n) is 19.4. The molecule has 0 radical (unpaired) electrons. The molecule has 1 aromatic carbocycles. The lowest BCUT2D eigenvalue weighted by atomic mass is 10.1. The minimum atomic E-state index is -0.314. The van der Waals surface area contributed by atoms with E-state index >= 15 is 0 Å². The Bertz CT molecular complexity index is 998. The van der Waals surface area contributed by atoms with Gasteiger partial charge in [0.2, 0.25) is 11.8 Å². The van der Waals surface area contributed by atoms with Crippen molar-refractivity contribution >= 4 is 29.4 Å². The number of aryl methyl sites for hydroxylation is 1. The third-order valence-corrected chi connectivity index (χ3v) is 7.97. The first-order chi connectivity index (χ1) is 16.0. The van der Waals surface area contributed by atoms with E-state index in [4.69, 9.17) is 5.10 Å². The number of rotatable bonds is 4. The summed E-state index contributed by atoms with van der Waals surface area (Å²) in [6.07, 6.45) is 0.737. The van der Waals surface area contributed by atoms with Gasteiger partial charge in [0.15, 0.2) is 0 Å². The first kappa shape index (κ1) is 22.3. The molecule has 2 aromatic rings. The molecule has 3 fully saturated rings. The molecule has 5 rings (SSSR count). The third-order valence-electron chi connectivity index (χ3n) is 7.00. The molecule has 176 valence electrons. The maximum Gasteiger partial charge on any atom is 0.246 e. The molecule has 3 saturated heterocycles. The normalized spacial score (nSPS) is 24.0. The van der Waals surface area contributed by atoms with Crippen molar-refractivity contribution in [3.05, 3.63) is 42.1 Å². The molecule has 2 atom stereocenters. The Hall–Kier alpha value is -2.52. The lowest BCUT2D eigenvalue weighted by molar-refractivity contribution is -0.141. The monoisotopic (exact) mass is 468 g/mol. The van der Waals surface area contributed by atoms with Crippen LogP contribution in [0.1, 0.15) is 19.0 Å². The Kier molecular flexibility index (Phi) is 6.34. The summed E-state index contributed by atoms with van der Waals surface area (Å²) in [5.41, 5.74) is 2.07. The van der Waals surface area contributed by atoms with E-state index in [2.05, 4.69) is 28.0 Å². The van der Waals surface area contributed by atoms with Crippen molar-refractivity contribution in [2.24, 2.45) is 0 Å². The molecule has 3 aliphatic rings. The van der Waals surface area contributed by atoms with Crippen LogP contribution in [0.25, 0.3) is 5.69 Å². The number of benzene rings is 1. The molecule has 0 saturated carbocycles. The Balaban J connectivity index is 1.25. The van der Waals surface area contributed by atoms with Crippen LogP contribution in [0.5, 0.6) is 0 Å². The highest BCUT2D eigenvalue weighted by Crippen LogP contribution is 2.28. The Morgan fingerprint density at radius 2 is 1.82 bits per heavy atom. The van der Waals surface area contributed by atoms with E-state index < -0.39 is 0 Å². The molecule has 4 heterocycles. The first-order valence-corrected chi connectivity index (χ1v) is 12.9. The summed E-state index contributed by atoms with van der Waals surface area (Å²) in [6.45, 7) is 8.69. The number of aromatic nitrogens is 2. The van der Waals surface area contributed by atoms with Gasteiger partial charge in [0, 0.05) is 64.1 Å². The number of likely N-dealkylation sites (tertiary alicyclic amines) is 1. The van der Waals surface area contributed by atoms with E-state index in [1.165, 1.54) is 0 Å². The summed E-state index contributed by atoms with van der Waals surface area (Å²) in [5, 5.41) is 4.72. The second-order valence-corrected chi connectivity index (χ2v) is 10.2. The van der Waals surface area contributed by atoms with Crippen LogP contribution in [-0.2, 0) is 9.59 Å². The van der Waals surface area contributed by atoms with Gasteiger partial charge in [-0.1, -0.05) is 18.2 Å². The van der Waals surface area contributed by atoms with Gasteiger partial charge in [0.1, 0.15) is 11.9 Å². The summed E-state index contributed by atoms with van der Waals surface area (Å²) < 4.78 is 2.03. The standard InChI is InChI=1S/C24H32N6O2S/c1-18-14-23(30(25-18)20-6-4-3-5-7-20)27-10-8-26(9-11-27)21-15-22(29(16-21)19(2)31)24(32)28-12-13-33-17-28/h3-7,14,21-22H,8-13,15-17H2,1-2H3/t21-,22-/m0/s1. The highest BCUT2D eigenvalue weighted by molar-refractivity contribution is 7.99. The molecule has 3 aliphatic heterocycles. The van der Waals surface area contributed by atoms with Crippen LogP contribution in [0, 0.1) is 6.92 Å². The molecule has 0 unspecified atom stereocenters. The highest BCUT2D eigenvalue weighted by Gasteiger charge is 2.43. The van der Waals surface area contributed by atoms with Crippen LogP contribution in [0.2, 0.25) is 0 Å². The Morgan fingerprint density at radius 3 is 2.48 bits per heavy atom. The zero-order chi connectivity index (χ0) is 22.9. The molecule has 1 aromatic heterocycles. The number of nitrogens with zero attached hydrogens (tertiary/aromatic N) is 6. The van der Waals surface area contributed by atoms with Crippen LogP contribution in [0.4, 0.5) is 5.82 Å². The van der Waals surface area contributed by atoms with Crippen molar-refractivity contribution in [1.82, 2.24) is 24.5 Å². The molecule has 0 aliphatic carbocycles. The predicted molar refractivity (Wildman–Crippen MR) is 131 cm³/mol. The van der Waals surface area contributed by atoms with Gasteiger partial charge >= 0.3 is 0 Å². The predicted octanol–water partition coefficient (Wildman–Crippen LogP) is 1.83. The van der Waals surface area contributed by atoms with Gasteiger partial charge < -0.3 is 14.7 Å². The lowest BCUT2D eigenvalue weighted by Gasteiger charge is -2.38. The van der Waals surface area contributed by atoms with Gasteiger partial charge in [-0.05, 0) is 25.5 Å². The number of carbonyl (C=O) groups excluding carboxylic acids is 2. The van der Waals surface area contributed by atoms with Crippen molar-refractivity contribution < 1.29 is 9.59 Å². The van der Waals surface area contributed by atoms with E-state index in [1.807, 2.05) is 34.7 Å². The molecular formula is C24H32N6O2S. The second kappa shape index (κ2) is 9.38. The van der Waals surface area contributed by atoms with Crippen LogP contribution >= 0.6 is 11.8 Å². The number of amides is 2. The molecule has 0 N–H and O–H groups in total. The summed E-state index contributed by atoms with van der Waals surface area (Å²) in [5.74, 6) is 2.99. The summed E-state index contributed by atoms with van der Waals surface area (Å²) in [4.78, 5) is 34.0. The van der Waals surface area contributed by atoms with Crippen LogP contribution < -0.4 is 4.90 Å². The fourth-order valence-corrected chi connectivity index (χ4v) is 6.20. The van der Waals surface area contributed by atoms with Gasteiger partial charge in [-0.3, -0.25) is 14.5 Å². The van der Waals surface area contributed by atoms with Gasteiger partial charge in [0.25, 0.3) is 0 Å². The van der Waals surface area contributed by atoms with E-state index in [0.717, 1.165) is 68.0 Å². The van der Waals surface area contributed by atoms with Gasteiger partial charge in [0.05, 0.1) is 17.3 Å². The summed E-state index contributed by atoms with van der Waals surface area (Å²) >= 11 is 1.79. The fourth-order valence-electron chi connectivity index (χ4n) is 5.25. The number of hydrogen-bond donors (Lipinski definition) is 0. The van der Waals surface area contributed by atoms with E-state index in [1.54, 1.807) is 23.6 Å². The van der Waals surface area contributed by atoms with Crippen molar-refractivity contribution in [2.45, 2.75) is 32.4 Å². The molecule has 2 amide bonds. The smallest absolute Gasteiger partial charge is 0.246 e. The minimum Gasteiger partial charge on any atom is -0.354 e. The fraction of sp³-hybridized carbons (Fsp3) is 0.542. The molecule has 0 bridgehead atoms. The van der Waals surface area contributed by atoms with Crippen LogP contribution in [0.3, 0.4) is 0 Å². The first-order valence-electron chi connectivity index (χ1n) is 11.8. The van der Waals surface area contributed by atoms with Crippen molar-refractivity contribution in [1.29, 1.82) is 0 Å². The van der Waals surface area contributed by atoms with Gasteiger partial charge in [-0.2, -0.15) is 5.10 Å². The zero-order valence-corrected chi connectivity index (χ0v) is 20.2. The van der Waals surface area contributed by atoms with Crippen molar-refractivity contribution in [2.75, 3.05) is 55.8 Å². The van der Waals surface area contributed by atoms with Crippen molar-refractivity contribution in [3.8, 4) is 5.69 Å². The largest absolute Gasteiger partial charge is 0.354 e. The minimum absolute atomic E-state index is 0.00331. The molecular weight excluding hydrogens is 436 g/mol. The Morgan fingerprint density at radius 1 is 1.06 bits per heavy atom. The van der Waals surface area contributed by atoms with E-state index in [-0.39, 0.29) is 23.9 Å². The van der Waals surface area contributed by atoms with Crippen LogP contribution in [-0.4, -0.2) is 99.3 Å². The van der Waals surface area contributed by atoms with E-state index in [0.29, 0.717) is 6.54 Å². The molecule has 9 heteroatoms. The Labute approximate surface area is 199 Å². The summed E-state index contributed by atoms with van der Waals surface area (Å²) in [7, 11) is 0. The molecule has 0 spiro atoms. The van der Waals surface area contributed by atoms with Crippen LogP contribution in [0.15, 0.2) is 36.4 Å². The maximum absolute atomic E-state index is 13.1. The second-order valence-electron chi connectivity index (χ2n) is 9.13. The highest BCUT2D eigenvalue weighted by atomic mass is 32.2. The van der Waals surface area contributed by atoms with Gasteiger partial charge in [-0.25, -0.2) is 4.68 Å².